The second-order valence-corrected chi connectivity index (χ2v) is 2.07. The standard InChI is InChI=1S/C10H10N2/c1-2-4-6-8-10-12-11-9-7-5-3-1/h1-10H. The average molecular weight is 158 g/mol. The van der Waals surface area contributed by atoms with Gasteiger partial charge in [0.15, 0.2) is 0 Å². The van der Waals surface area contributed by atoms with Crippen LogP contribution in [0.3, 0.4) is 0 Å². The van der Waals surface area contributed by atoms with Crippen LogP contribution in [0.25, 0.3) is 0 Å². The molecule has 0 unspecified atom stereocenters. The van der Waals surface area contributed by atoms with E-state index in [1.807, 2.05) is 48.6 Å². The van der Waals surface area contributed by atoms with Crippen LogP contribution in [0.15, 0.2) is 58.8 Å². The molecule has 2 nitrogen and oxygen atoms in total. The Kier molecular flexibility index (Phi) is 4.23. The quantitative estimate of drug-likeness (QED) is 0.516. The van der Waals surface area contributed by atoms with Crippen LogP contribution in [0.5, 0.6) is 0 Å². The summed E-state index contributed by atoms with van der Waals surface area (Å²) in [6.07, 6.45) is 18.5. The molecule has 0 bridgehead atoms. The average Bonchev–Trinajstić information content (AvgIpc) is 2.05. The van der Waals surface area contributed by atoms with Gasteiger partial charge in [0, 0.05) is 12.4 Å². The largest absolute Gasteiger partial charge is 0.159 e. The van der Waals surface area contributed by atoms with Gasteiger partial charge < -0.3 is 0 Å². The number of hydrogen-bond donors (Lipinski definition) is 0. The van der Waals surface area contributed by atoms with E-state index in [9.17, 15) is 0 Å². The molecule has 12 heavy (non-hydrogen) atoms. The van der Waals surface area contributed by atoms with Gasteiger partial charge in [-0.05, 0) is 12.2 Å². The van der Waals surface area contributed by atoms with E-state index in [1.165, 1.54) is 0 Å². The first-order valence-corrected chi connectivity index (χ1v) is 3.72. The van der Waals surface area contributed by atoms with Gasteiger partial charge in [-0.2, -0.15) is 10.2 Å². The van der Waals surface area contributed by atoms with Gasteiger partial charge >= 0.3 is 0 Å². The molecular weight excluding hydrogens is 148 g/mol. The summed E-state index contributed by atoms with van der Waals surface area (Å²) >= 11 is 0. The molecule has 0 fully saturated rings. The molecule has 0 spiro atoms. The van der Waals surface area contributed by atoms with Gasteiger partial charge in [0.1, 0.15) is 0 Å². The summed E-state index contributed by atoms with van der Waals surface area (Å²) < 4.78 is 0. The normalized spacial score (nSPS) is 16.0. The fourth-order valence-electron chi connectivity index (χ4n) is 0.638. The third-order valence-corrected chi connectivity index (χ3v) is 1.15. The van der Waals surface area contributed by atoms with Crippen molar-refractivity contribution in [3.63, 3.8) is 0 Å². The predicted octanol–water partition coefficient (Wildman–Crippen LogP) is 2.28. The molecule has 1 aliphatic heterocycles. The van der Waals surface area contributed by atoms with E-state index in [2.05, 4.69) is 10.2 Å². The van der Waals surface area contributed by atoms with Crippen LogP contribution in [-0.2, 0) is 0 Å². The van der Waals surface area contributed by atoms with Crippen molar-refractivity contribution >= 4 is 12.4 Å². The van der Waals surface area contributed by atoms with Crippen LogP contribution < -0.4 is 0 Å². The Labute approximate surface area is 72.0 Å². The summed E-state index contributed by atoms with van der Waals surface area (Å²) in [6.45, 7) is 0. The summed E-state index contributed by atoms with van der Waals surface area (Å²) in [5.74, 6) is 0. The van der Waals surface area contributed by atoms with Crippen LogP contribution in [-0.4, -0.2) is 12.4 Å². The highest BCUT2D eigenvalue weighted by molar-refractivity contribution is 5.75. The summed E-state index contributed by atoms with van der Waals surface area (Å²) in [5.41, 5.74) is 0. The van der Waals surface area contributed by atoms with Gasteiger partial charge in [-0.15, -0.1) is 0 Å². The second kappa shape index (κ2) is 6.04. The maximum Gasteiger partial charge on any atom is 0.0495 e. The smallest absolute Gasteiger partial charge is 0.0495 e. The molecule has 2 heteroatoms. The van der Waals surface area contributed by atoms with E-state index in [0.29, 0.717) is 0 Å². The van der Waals surface area contributed by atoms with Crippen LogP contribution in [0.4, 0.5) is 0 Å². The van der Waals surface area contributed by atoms with E-state index in [1.54, 1.807) is 12.4 Å². The molecule has 1 heterocycles. The molecule has 0 radical (unpaired) electrons. The molecule has 60 valence electrons. The number of nitrogens with zero attached hydrogens (tertiary/aromatic N) is 2. The van der Waals surface area contributed by atoms with Crippen molar-refractivity contribution < 1.29 is 0 Å². The molecule has 1 aliphatic rings. The minimum Gasteiger partial charge on any atom is -0.159 e. The first kappa shape index (κ1) is 8.40. The molecule has 0 aliphatic carbocycles. The Morgan fingerprint density at radius 2 is 0.750 bits per heavy atom. The number of allylic oxidation sites excluding steroid dienone is 8. The molecule has 0 aromatic heterocycles. The maximum absolute atomic E-state index is 3.75. The van der Waals surface area contributed by atoms with Crippen molar-refractivity contribution in [3.05, 3.63) is 48.6 Å². The van der Waals surface area contributed by atoms with Gasteiger partial charge in [0.05, 0.1) is 0 Å². The zero-order valence-electron chi connectivity index (χ0n) is 6.67. The Morgan fingerprint density at radius 3 is 1.17 bits per heavy atom. The monoisotopic (exact) mass is 158 g/mol. The van der Waals surface area contributed by atoms with Crippen molar-refractivity contribution in [2.75, 3.05) is 0 Å². The SMILES string of the molecule is C1=CC=CC=NN=CC=CC=C1. The van der Waals surface area contributed by atoms with Gasteiger partial charge in [-0.3, -0.25) is 0 Å². The fraction of sp³-hybridized carbons (Fsp3) is 0. The van der Waals surface area contributed by atoms with Crippen molar-refractivity contribution in [3.8, 4) is 0 Å². The molecule has 0 aromatic rings. The zero-order valence-corrected chi connectivity index (χ0v) is 6.67. The highest BCUT2D eigenvalue weighted by Crippen LogP contribution is 1.83. The third-order valence-electron chi connectivity index (χ3n) is 1.15. The minimum atomic E-state index is 1.64. The molecule has 1 rings (SSSR count). The van der Waals surface area contributed by atoms with Crippen LogP contribution in [0.1, 0.15) is 0 Å². The molecule has 0 N–H and O–H groups in total. The molecule has 0 atom stereocenters. The molecule has 0 saturated carbocycles. The number of hydrogen-bond acceptors (Lipinski definition) is 2. The van der Waals surface area contributed by atoms with Crippen molar-refractivity contribution in [1.29, 1.82) is 0 Å². The second-order valence-electron chi connectivity index (χ2n) is 2.07. The first-order valence-electron chi connectivity index (χ1n) is 3.72. The van der Waals surface area contributed by atoms with E-state index >= 15 is 0 Å². The fourth-order valence-corrected chi connectivity index (χ4v) is 0.638. The van der Waals surface area contributed by atoms with Crippen molar-refractivity contribution in [1.82, 2.24) is 0 Å². The molecule has 0 saturated heterocycles. The zero-order chi connectivity index (χ0) is 8.49. The highest BCUT2D eigenvalue weighted by atomic mass is 15.2. The molecule has 0 amide bonds. The highest BCUT2D eigenvalue weighted by Gasteiger charge is 1.66. The lowest BCUT2D eigenvalue weighted by Crippen LogP contribution is -1.65. The lowest BCUT2D eigenvalue weighted by atomic mass is 10.4. The Balaban J connectivity index is 2.67. The molecule has 0 aromatic carbocycles. The lowest BCUT2D eigenvalue weighted by Gasteiger charge is -1.77. The first-order chi connectivity index (χ1) is 6.00. The van der Waals surface area contributed by atoms with E-state index < -0.39 is 0 Å². The van der Waals surface area contributed by atoms with E-state index in [0.717, 1.165) is 0 Å². The third kappa shape index (κ3) is 4.17. The van der Waals surface area contributed by atoms with Gasteiger partial charge in [-0.25, -0.2) is 0 Å². The summed E-state index contributed by atoms with van der Waals surface area (Å²) in [7, 11) is 0. The Morgan fingerprint density at radius 1 is 0.417 bits per heavy atom. The maximum atomic E-state index is 3.75. The summed E-state index contributed by atoms with van der Waals surface area (Å²) in [5, 5.41) is 7.51. The molecular formula is C10H10N2. The Hall–Kier alpha value is -1.70. The topological polar surface area (TPSA) is 24.7 Å². The minimum absolute atomic E-state index is 1.64. The van der Waals surface area contributed by atoms with E-state index in [4.69, 9.17) is 0 Å². The van der Waals surface area contributed by atoms with Gasteiger partial charge in [-0.1, -0.05) is 36.5 Å². The van der Waals surface area contributed by atoms with Crippen molar-refractivity contribution in [2.45, 2.75) is 0 Å². The van der Waals surface area contributed by atoms with Gasteiger partial charge in [0.25, 0.3) is 0 Å². The van der Waals surface area contributed by atoms with Crippen LogP contribution in [0, 0.1) is 0 Å². The van der Waals surface area contributed by atoms with Crippen molar-refractivity contribution in [2.24, 2.45) is 10.2 Å². The van der Waals surface area contributed by atoms with Crippen LogP contribution in [0.2, 0.25) is 0 Å². The van der Waals surface area contributed by atoms with Crippen LogP contribution >= 0.6 is 0 Å². The Bertz CT molecular complexity index is 177. The summed E-state index contributed by atoms with van der Waals surface area (Å²) in [4.78, 5) is 0. The van der Waals surface area contributed by atoms with Gasteiger partial charge in [0.2, 0.25) is 0 Å². The predicted molar refractivity (Wildman–Crippen MR) is 53.5 cm³/mol. The lowest BCUT2D eigenvalue weighted by molar-refractivity contribution is 1.27. The van der Waals surface area contributed by atoms with E-state index in [-0.39, 0.29) is 0 Å². The number of rotatable bonds is 0. The summed E-state index contributed by atoms with van der Waals surface area (Å²) in [6, 6.07) is 0.